The summed E-state index contributed by atoms with van der Waals surface area (Å²) >= 11 is 1.06. The van der Waals surface area contributed by atoms with Gasteiger partial charge in [0.1, 0.15) is 0 Å². The van der Waals surface area contributed by atoms with E-state index in [9.17, 15) is 18.0 Å². The molecule has 0 aliphatic carbocycles. The molecular weight excluding hydrogens is 350 g/mol. The number of nitrogens with zero attached hydrogens (tertiary/aromatic N) is 2. The summed E-state index contributed by atoms with van der Waals surface area (Å²) < 4.78 is 24.3. The van der Waals surface area contributed by atoms with E-state index in [4.69, 9.17) is 0 Å². The van der Waals surface area contributed by atoms with Crippen molar-refractivity contribution in [1.29, 1.82) is 0 Å². The Morgan fingerprint density at radius 3 is 2.88 bits per heavy atom. The predicted octanol–water partition coefficient (Wildman–Crippen LogP) is 0.329. The highest BCUT2D eigenvalue weighted by molar-refractivity contribution is 7.99. The van der Waals surface area contributed by atoms with Gasteiger partial charge in [-0.05, 0) is 18.6 Å². The van der Waals surface area contributed by atoms with Crippen molar-refractivity contribution in [3.63, 3.8) is 0 Å². The monoisotopic (exact) mass is 367 g/mol. The van der Waals surface area contributed by atoms with Gasteiger partial charge in [0.2, 0.25) is 5.91 Å². The van der Waals surface area contributed by atoms with Crippen LogP contribution in [0.4, 0.5) is 0 Å². The third kappa shape index (κ3) is 3.62. The lowest BCUT2D eigenvalue weighted by Gasteiger charge is -2.11. The number of benzene rings is 1. The van der Waals surface area contributed by atoms with E-state index < -0.39 is 9.84 Å². The average Bonchev–Trinajstić information content (AvgIpc) is 2.88. The van der Waals surface area contributed by atoms with Gasteiger partial charge in [0.05, 0.1) is 28.3 Å². The molecule has 2 heterocycles. The van der Waals surface area contributed by atoms with Crippen LogP contribution in [0, 0.1) is 0 Å². The molecule has 0 spiro atoms. The van der Waals surface area contributed by atoms with Gasteiger partial charge >= 0.3 is 0 Å². The first-order valence-electron chi connectivity index (χ1n) is 7.44. The number of amides is 1. The molecule has 1 aromatic heterocycles. The van der Waals surface area contributed by atoms with Crippen molar-refractivity contribution in [3.8, 4) is 0 Å². The molecule has 0 unspecified atom stereocenters. The van der Waals surface area contributed by atoms with Crippen LogP contribution in [0.25, 0.3) is 11.0 Å². The number of para-hydroxylation sites is 2. The second-order valence-electron chi connectivity index (χ2n) is 5.73. The van der Waals surface area contributed by atoms with Crippen molar-refractivity contribution >= 4 is 38.5 Å². The standard InChI is InChI=1S/C15H17N3O4S2/c1-18-12-5-3-2-4-11(12)17-14(15(18)20)23-8-13(19)16-10-6-7-24(21,22)9-10/h2-5,10H,6-9H2,1H3,(H,16,19)/t10-/m1/s1. The Morgan fingerprint density at radius 2 is 2.17 bits per heavy atom. The third-order valence-electron chi connectivity index (χ3n) is 3.89. The van der Waals surface area contributed by atoms with Crippen molar-refractivity contribution in [3.05, 3.63) is 34.6 Å². The van der Waals surface area contributed by atoms with Gasteiger partial charge in [-0.25, -0.2) is 13.4 Å². The van der Waals surface area contributed by atoms with Gasteiger partial charge in [-0.15, -0.1) is 0 Å². The van der Waals surface area contributed by atoms with Gasteiger partial charge < -0.3 is 9.88 Å². The zero-order valence-electron chi connectivity index (χ0n) is 13.1. The lowest BCUT2D eigenvalue weighted by Crippen LogP contribution is -2.36. The number of carbonyl (C=O) groups excluding carboxylic acids is 1. The van der Waals surface area contributed by atoms with E-state index in [1.165, 1.54) is 4.57 Å². The van der Waals surface area contributed by atoms with Crippen LogP contribution >= 0.6 is 11.8 Å². The van der Waals surface area contributed by atoms with E-state index in [-0.39, 0.29) is 39.8 Å². The van der Waals surface area contributed by atoms with E-state index in [2.05, 4.69) is 10.3 Å². The normalized spacial score (nSPS) is 19.5. The molecule has 0 bridgehead atoms. The Balaban J connectivity index is 1.68. The summed E-state index contributed by atoms with van der Waals surface area (Å²) in [7, 11) is -1.37. The van der Waals surface area contributed by atoms with Crippen molar-refractivity contribution in [2.24, 2.45) is 7.05 Å². The van der Waals surface area contributed by atoms with E-state index in [0.29, 0.717) is 11.9 Å². The summed E-state index contributed by atoms with van der Waals surface area (Å²) in [4.78, 5) is 28.6. The average molecular weight is 367 g/mol. The summed E-state index contributed by atoms with van der Waals surface area (Å²) in [5.74, 6) is -0.173. The van der Waals surface area contributed by atoms with Crippen molar-refractivity contribution in [2.75, 3.05) is 17.3 Å². The van der Waals surface area contributed by atoms with Crippen LogP contribution in [0.1, 0.15) is 6.42 Å². The number of fused-ring (bicyclic) bond motifs is 1. The highest BCUT2D eigenvalue weighted by Gasteiger charge is 2.28. The minimum Gasteiger partial charge on any atom is -0.352 e. The molecule has 0 radical (unpaired) electrons. The number of hydrogen-bond acceptors (Lipinski definition) is 6. The Hall–Kier alpha value is -1.87. The minimum absolute atomic E-state index is 0.0145. The lowest BCUT2D eigenvalue weighted by molar-refractivity contribution is -0.119. The first kappa shape index (κ1) is 17.0. The van der Waals surface area contributed by atoms with Gasteiger partial charge in [0.25, 0.3) is 5.56 Å². The highest BCUT2D eigenvalue weighted by Crippen LogP contribution is 2.16. The number of hydrogen-bond donors (Lipinski definition) is 1. The fraction of sp³-hybridized carbons (Fsp3) is 0.400. The molecule has 24 heavy (non-hydrogen) atoms. The van der Waals surface area contributed by atoms with Gasteiger partial charge in [0, 0.05) is 13.1 Å². The molecule has 1 aromatic carbocycles. The molecule has 7 nitrogen and oxygen atoms in total. The Morgan fingerprint density at radius 1 is 1.42 bits per heavy atom. The SMILES string of the molecule is Cn1c(=O)c(SCC(=O)N[C@@H]2CCS(=O)(=O)C2)nc2ccccc21. The van der Waals surface area contributed by atoms with Crippen LogP contribution in [0.5, 0.6) is 0 Å². The van der Waals surface area contributed by atoms with Gasteiger partial charge in [-0.3, -0.25) is 9.59 Å². The summed E-state index contributed by atoms with van der Waals surface area (Å²) in [5.41, 5.74) is 1.16. The number of aryl methyl sites for hydroxylation is 1. The molecular formula is C15H17N3O4S2. The molecule has 9 heteroatoms. The van der Waals surface area contributed by atoms with Crippen LogP contribution in [0.3, 0.4) is 0 Å². The zero-order chi connectivity index (χ0) is 17.3. The molecule has 128 valence electrons. The first-order chi connectivity index (χ1) is 11.4. The van der Waals surface area contributed by atoms with Crippen LogP contribution in [-0.4, -0.2) is 47.2 Å². The quantitative estimate of drug-likeness (QED) is 0.782. The number of thioether (sulfide) groups is 1. The van der Waals surface area contributed by atoms with Gasteiger partial charge in [-0.1, -0.05) is 23.9 Å². The smallest absolute Gasteiger partial charge is 0.283 e. The molecule has 0 saturated carbocycles. The zero-order valence-corrected chi connectivity index (χ0v) is 14.7. The minimum atomic E-state index is -3.03. The Kier molecular flexibility index (Phi) is 4.64. The van der Waals surface area contributed by atoms with Crippen LogP contribution in [-0.2, 0) is 21.7 Å². The summed E-state index contributed by atoms with van der Waals surface area (Å²) in [5, 5.41) is 2.96. The number of rotatable bonds is 4. The number of carbonyl (C=O) groups is 1. The first-order valence-corrected chi connectivity index (χ1v) is 10.2. The van der Waals surface area contributed by atoms with Crippen LogP contribution in [0.15, 0.2) is 34.1 Å². The molecule has 1 N–H and O–H groups in total. The molecule has 1 aliphatic heterocycles. The topological polar surface area (TPSA) is 98.1 Å². The largest absolute Gasteiger partial charge is 0.352 e. The van der Waals surface area contributed by atoms with Crippen molar-refractivity contribution < 1.29 is 13.2 Å². The second-order valence-corrected chi connectivity index (χ2v) is 8.92. The summed E-state index contributed by atoms with van der Waals surface area (Å²) in [6, 6.07) is 6.95. The third-order valence-corrected chi connectivity index (χ3v) is 6.60. The lowest BCUT2D eigenvalue weighted by atomic mass is 10.3. The predicted molar refractivity (Wildman–Crippen MR) is 92.9 cm³/mol. The number of nitrogens with one attached hydrogen (secondary N) is 1. The van der Waals surface area contributed by atoms with E-state index in [1.807, 2.05) is 24.3 Å². The van der Waals surface area contributed by atoms with Crippen molar-refractivity contribution in [1.82, 2.24) is 14.9 Å². The Bertz CT molecular complexity index is 953. The van der Waals surface area contributed by atoms with Crippen LogP contribution < -0.4 is 10.9 Å². The van der Waals surface area contributed by atoms with Crippen LogP contribution in [0.2, 0.25) is 0 Å². The molecule has 2 aromatic rings. The number of aromatic nitrogens is 2. The maximum atomic E-state index is 12.3. The molecule has 3 rings (SSSR count). The maximum Gasteiger partial charge on any atom is 0.283 e. The molecule has 1 atom stereocenters. The molecule has 1 amide bonds. The second kappa shape index (κ2) is 6.56. The summed E-state index contributed by atoms with van der Waals surface area (Å²) in [6.45, 7) is 0. The maximum absolute atomic E-state index is 12.3. The fourth-order valence-electron chi connectivity index (χ4n) is 2.66. The molecule has 1 saturated heterocycles. The number of sulfone groups is 1. The fourth-order valence-corrected chi connectivity index (χ4v) is 5.11. The summed E-state index contributed by atoms with van der Waals surface area (Å²) in [6.07, 6.45) is 0.439. The molecule has 1 aliphatic rings. The van der Waals surface area contributed by atoms with Gasteiger partial charge in [0.15, 0.2) is 14.9 Å². The van der Waals surface area contributed by atoms with E-state index in [0.717, 1.165) is 17.3 Å². The highest BCUT2D eigenvalue weighted by atomic mass is 32.2. The van der Waals surface area contributed by atoms with Crippen molar-refractivity contribution in [2.45, 2.75) is 17.5 Å². The van der Waals surface area contributed by atoms with E-state index in [1.54, 1.807) is 7.05 Å². The van der Waals surface area contributed by atoms with E-state index >= 15 is 0 Å². The molecule has 1 fully saturated rings. The Labute approximate surface area is 143 Å². The van der Waals surface area contributed by atoms with Gasteiger partial charge in [-0.2, -0.15) is 0 Å².